The van der Waals surface area contributed by atoms with E-state index in [4.69, 9.17) is 16.9 Å². The predicted octanol–water partition coefficient (Wildman–Crippen LogP) is 1.80. The van der Waals surface area contributed by atoms with Crippen molar-refractivity contribution < 1.29 is 0 Å². The van der Waals surface area contributed by atoms with Gasteiger partial charge in [0.2, 0.25) is 0 Å². The molecule has 0 aromatic carbocycles. The van der Waals surface area contributed by atoms with Gasteiger partial charge < -0.3 is 5.32 Å². The molecule has 0 atom stereocenters. The molecule has 1 aromatic rings. The van der Waals surface area contributed by atoms with Crippen molar-refractivity contribution in [2.75, 3.05) is 6.54 Å². The first kappa shape index (κ1) is 10.7. The standard InChI is InChI=1S/C10H10ClN3/c1-8(11)6-13-7-9-2-3-14-10(4-9)5-12/h2-4,13H,1,6-7H2. The van der Waals surface area contributed by atoms with E-state index >= 15 is 0 Å². The third-order valence-corrected chi connectivity index (χ3v) is 1.72. The summed E-state index contributed by atoms with van der Waals surface area (Å²) in [5.41, 5.74) is 1.43. The lowest BCUT2D eigenvalue weighted by molar-refractivity contribution is 0.753. The molecule has 0 amide bonds. The Morgan fingerprint density at radius 1 is 1.71 bits per heavy atom. The van der Waals surface area contributed by atoms with Gasteiger partial charge in [-0.1, -0.05) is 18.2 Å². The van der Waals surface area contributed by atoms with Crippen molar-refractivity contribution in [2.24, 2.45) is 0 Å². The second-order valence-corrected chi connectivity index (χ2v) is 3.32. The Balaban J connectivity index is 2.51. The molecule has 0 aliphatic carbocycles. The second kappa shape index (κ2) is 5.38. The summed E-state index contributed by atoms with van der Waals surface area (Å²) in [6, 6.07) is 5.58. The Bertz CT molecular complexity index is 368. The van der Waals surface area contributed by atoms with Crippen molar-refractivity contribution in [1.29, 1.82) is 5.26 Å². The molecule has 0 bridgehead atoms. The average Bonchev–Trinajstić information content (AvgIpc) is 2.18. The number of hydrogen-bond donors (Lipinski definition) is 1. The lowest BCUT2D eigenvalue weighted by Gasteiger charge is -2.02. The van der Waals surface area contributed by atoms with Gasteiger partial charge in [0, 0.05) is 24.3 Å². The molecule has 3 nitrogen and oxygen atoms in total. The van der Waals surface area contributed by atoms with Crippen LogP contribution in [0.4, 0.5) is 0 Å². The summed E-state index contributed by atoms with van der Waals surface area (Å²) in [6.07, 6.45) is 1.62. The minimum atomic E-state index is 0.425. The first-order chi connectivity index (χ1) is 6.72. The van der Waals surface area contributed by atoms with Crippen LogP contribution in [0.2, 0.25) is 0 Å². The summed E-state index contributed by atoms with van der Waals surface area (Å²) in [6.45, 7) is 4.78. The molecule has 0 radical (unpaired) electrons. The summed E-state index contributed by atoms with van der Waals surface area (Å²) in [7, 11) is 0. The quantitative estimate of drug-likeness (QED) is 0.819. The summed E-state index contributed by atoms with van der Waals surface area (Å²) in [5, 5.41) is 12.3. The van der Waals surface area contributed by atoms with E-state index in [0.717, 1.165) is 5.56 Å². The molecule has 0 saturated heterocycles. The molecule has 1 N–H and O–H groups in total. The monoisotopic (exact) mass is 207 g/mol. The smallest absolute Gasteiger partial charge is 0.140 e. The largest absolute Gasteiger partial charge is 0.308 e. The molecular weight excluding hydrogens is 198 g/mol. The zero-order valence-corrected chi connectivity index (χ0v) is 8.38. The van der Waals surface area contributed by atoms with Crippen LogP contribution in [0.3, 0.4) is 0 Å². The van der Waals surface area contributed by atoms with E-state index in [1.807, 2.05) is 12.1 Å². The zero-order chi connectivity index (χ0) is 10.4. The molecule has 14 heavy (non-hydrogen) atoms. The molecule has 0 unspecified atom stereocenters. The number of nitrogens with zero attached hydrogens (tertiary/aromatic N) is 2. The Morgan fingerprint density at radius 2 is 2.50 bits per heavy atom. The molecule has 0 aliphatic rings. The van der Waals surface area contributed by atoms with Gasteiger partial charge in [-0.25, -0.2) is 4.98 Å². The molecule has 0 fully saturated rings. The fourth-order valence-corrected chi connectivity index (χ4v) is 1.08. The molecular formula is C10H10ClN3. The highest BCUT2D eigenvalue weighted by molar-refractivity contribution is 6.29. The number of nitrogens with one attached hydrogen (secondary N) is 1. The van der Waals surface area contributed by atoms with Crippen molar-refractivity contribution in [3.05, 3.63) is 41.2 Å². The van der Waals surface area contributed by atoms with Crippen LogP contribution in [-0.4, -0.2) is 11.5 Å². The fraction of sp³-hybridized carbons (Fsp3) is 0.200. The van der Waals surface area contributed by atoms with Crippen LogP contribution in [0.1, 0.15) is 11.3 Å². The molecule has 1 rings (SSSR count). The lowest BCUT2D eigenvalue weighted by atomic mass is 10.2. The van der Waals surface area contributed by atoms with Crippen LogP contribution in [0.25, 0.3) is 0 Å². The second-order valence-electron chi connectivity index (χ2n) is 2.78. The number of hydrogen-bond acceptors (Lipinski definition) is 3. The third kappa shape index (κ3) is 3.56. The average molecular weight is 208 g/mol. The number of halogens is 1. The van der Waals surface area contributed by atoms with Crippen LogP contribution >= 0.6 is 11.6 Å². The van der Waals surface area contributed by atoms with Crippen molar-refractivity contribution in [3.8, 4) is 6.07 Å². The van der Waals surface area contributed by atoms with Crippen LogP contribution in [0.15, 0.2) is 29.9 Å². The highest BCUT2D eigenvalue weighted by Crippen LogP contribution is 2.01. The third-order valence-electron chi connectivity index (χ3n) is 1.58. The summed E-state index contributed by atoms with van der Waals surface area (Å²) in [4.78, 5) is 3.87. The van der Waals surface area contributed by atoms with E-state index in [-0.39, 0.29) is 0 Å². The Morgan fingerprint density at radius 3 is 3.14 bits per heavy atom. The Labute approximate surface area is 88.0 Å². The van der Waals surface area contributed by atoms with Gasteiger partial charge in [-0.3, -0.25) is 0 Å². The van der Waals surface area contributed by atoms with E-state index in [0.29, 0.717) is 23.8 Å². The normalized spacial score (nSPS) is 9.43. The molecule has 0 spiro atoms. The van der Waals surface area contributed by atoms with Gasteiger partial charge in [-0.15, -0.1) is 0 Å². The van der Waals surface area contributed by atoms with Crippen molar-refractivity contribution in [3.63, 3.8) is 0 Å². The fourth-order valence-electron chi connectivity index (χ4n) is 0.988. The lowest BCUT2D eigenvalue weighted by Crippen LogP contribution is -2.14. The van der Waals surface area contributed by atoms with Crippen molar-refractivity contribution >= 4 is 11.6 Å². The Hall–Kier alpha value is -1.37. The minimum absolute atomic E-state index is 0.425. The molecule has 1 heterocycles. The summed E-state index contributed by atoms with van der Waals surface area (Å²) in [5.74, 6) is 0. The number of nitriles is 1. The molecule has 4 heteroatoms. The minimum Gasteiger partial charge on any atom is -0.308 e. The maximum atomic E-state index is 8.61. The summed E-state index contributed by atoms with van der Waals surface area (Å²) >= 11 is 5.58. The van der Waals surface area contributed by atoms with E-state index < -0.39 is 0 Å². The van der Waals surface area contributed by atoms with Gasteiger partial charge in [0.25, 0.3) is 0 Å². The first-order valence-electron chi connectivity index (χ1n) is 4.11. The van der Waals surface area contributed by atoms with Crippen LogP contribution < -0.4 is 5.32 Å². The molecule has 72 valence electrons. The zero-order valence-electron chi connectivity index (χ0n) is 7.63. The van der Waals surface area contributed by atoms with Crippen molar-refractivity contribution in [2.45, 2.75) is 6.54 Å². The van der Waals surface area contributed by atoms with E-state index in [9.17, 15) is 0 Å². The van der Waals surface area contributed by atoms with E-state index in [1.54, 1.807) is 12.3 Å². The topological polar surface area (TPSA) is 48.7 Å². The van der Waals surface area contributed by atoms with Crippen LogP contribution in [-0.2, 0) is 6.54 Å². The van der Waals surface area contributed by atoms with Gasteiger partial charge in [-0.2, -0.15) is 5.26 Å². The maximum Gasteiger partial charge on any atom is 0.140 e. The van der Waals surface area contributed by atoms with Crippen molar-refractivity contribution in [1.82, 2.24) is 10.3 Å². The highest BCUT2D eigenvalue weighted by atomic mass is 35.5. The highest BCUT2D eigenvalue weighted by Gasteiger charge is 1.95. The molecule has 1 aromatic heterocycles. The van der Waals surface area contributed by atoms with Gasteiger partial charge in [-0.05, 0) is 17.7 Å². The van der Waals surface area contributed by atoms with Gasteiger partial charge in [0.15, 0.2) is 0 Å². The van der Waals surface area contributed by atoms with E-state index in [1.165, 1.54) is 0 Å². The van der Waals surface area contributed by atoms with Crippen LogP contribution in [0, 0.1) is 11.3 Å². The first-order valence-corrected chi connectivity index (χ1v) is 4.49. The van der Waals surface area contributed by atoms with Crippen LogP contribution in [0.5, 0.6) is 0 Å². The van der Waals surface area contributed by atoms with Gasteiger partial charge in [0.05, 0.1) is 0 Å². The maximum absolute atomic E-state index is 8.61. The van der Waals surface area contributed by atoms with E-state index in [2.05, 4.69) is 16.9 Å². The van der Waals surface area contributed by atoms with Gasteiger partial charge in [0.1, 0.15) is 11.8 Å². The SMILES string of the molecule is C=C(Cl)CNCc1ccnc(C#N)c1. The predicted molar refractivity (Wildman–Crippen MR) is 55.7 cm³/mol. The molecule has 0 saturated carbocycles. The number of rotatable bonds is 4. The Kier molecular flexibility index (Phi) is 4.11. The molecule has 0 aliphatic heterocycles. The number of aromatic nitrogens is 1. The summed E-state index contributed by atoms with van der Waals surface area (Å²) < 4.78 is 0. The number of pyridine rings is 1. The van der Waals surface area contributed by atoms with Gasteiger partial charge >= 0.3 is 0 Å².